The standard InChI is InChI=1S/C5H7ClN4O2/c1-4(2-5(11)12-6)10-3-7-8-9-10/h3-4H,2H2,1H3. The zero-order valence-electron chi connectivity index (χ0n) is 6.35. The van der Waals surface area contributed by atoms with Crippen LogP contribution in [-0.4, -0.2) is 26.2 Å². The first-order chi connectivity index (χ1) is 5.74. The summed E-state index contributed by atoms with van der Waals surface area (Å²) in [4.78, 5) is 10.7. The van der Waals surface area contributed by atoms with Gasteiger partial charge in [0.1, 0.15) is 18.2 Å². The monoisotopic (exact) mass is 190 g/mol. The maximum Gasteiger partial charge on any atom is 0.326 e. The van der Waals surface area contributed by atoms with Gasteiger partial charge in [-0.2, -0.15) is 0 Å². The average molecular weight is 191 g/mol. The lowest BCUT2D eigenvalue weighted by Crippen LogP contribution is -2.11. The van der Waals surface area contributed by atoms with Crippen LogP contribution in [0.2, 0.25) is 0 Å². The summed E-state index contributed by atoms with van der Waals surface area (Å²) >= 11 is 4.85. The fourth-order valence-corrected chi connectivity index (χ4v) is 0.800. The second kappa shape index (κ2) is 4.01. The zero-order valence-corrected chi connectivity index (χ0v) is 7.10. The van der Waals surface area contributed by atoms with Crippen LogP contribution in [-0.2, 0) is 9.08 Å². The molecule has 0 aliphatic heterocycles. The van der Waals surface area contributed by atoms with Gasteiger partial charge in [-0.15, -0.1) is 5.10 Å². The van der Waals surface area contributed by atoms with Gasteiger partial charge in [0.15, 0.2) is 0 Å². The molecule has 0 saturated heterocycles. The quantitative estimate of drug-likeness (QED) is 0.687. The van der Waals surface area contributed by atoms with Crippen LogP contribution >= 0.6 is 11.9 Å². The summed E-state index contributed by atoms with van der Waals surface area (Å²) in [5.74, 6) is -0.500. The molecule has 1 unspecified atom stereocenters. The van der Waals surface area contributed by atoms with Crippen molar-refractivity contribution in [2.24, 2.45) is 0 Å². The number of aromatic nitrogens is 4. The van der Waals surface area contributed by atoms with Gasteiger partial charge in [0.25, 0.3) is 0 Å². The van der Waals surface area contributed by atoms with Crippen molar-refractivity contribution in [1.82, 2.24) is 20.2 Å². The number of tetrazole rings is 1. The molecule has 0 aliphatic carbocycles. The highest BCUT2D eigenvalue weighted by atomic mass is 35.5. The van der Waals surface area contributed by atoms with Crippen molar-refractivity contribution in [3.63, 3.8) is 0 Å². The van der Waals surface area contributed by atoms with E-state index in [1.54, 1.807) is 6.92 Å². The van der Waals surface area contributed by atoms with Crippen molar-refractivity contribution < 1.29 is 9.08 Å². The van der Waals surface area contributed by atoms with Crippen molar-refractivity contribution in [2.45, 2.75) is 19.4 Å². The highest BCUT2D eigenvalue weighted by molar-refractivity contribution is 6.13. The molecule has 1 aromatic heterocycles. The van der Waals surface area contributed by atoms with Crippen molar-refractivity contribution >= 4 is 17.8 Å². The van der Waals surface area contributed by atoms with E-state index in [4.69, 9.17) is 11.9 Å². The molecule has 0 N–H and O–H groups in total. The zero-order chi connectivity index (χ0) is 8.97. The van der Waals surface area contributed by atoms with Crippen molar-refractivity contribution in [3.05, 3.63) is 6.33 Å². The summed E-state index contributed by atoms with van der Waals surface area (Å²) in [7, 11) is 0. The lowest BCUT2D eigenvalue weighted by Gasteiger charge is -2.06. The Morgan fingerprint density at radius 1 is 1.83 bits per heavy atom. The summed E-state index contributed by atoms with van der Waals surface area (Å²) in [5, 5.41) is 10.5. The van der Waals surface area contributed by atoms with Crippen LogP contribution < -0.4 is 0 Å². The van der Waals surface area contributed by atoms with Crippen molar-refractivity contribution in [2.75, 3.05) is 0 Å². The predicted molar refractivity (Wildman–Crippen MR) is 39.1 cm³/mol. The molecule has 6 nitrogen and oxygen atoms in total. The average Bonchev–Trinajstić information content (AvgIpc) is 2.56. The van der Waals surface area contributed by atoms with Crippen LogP contribution in [0.5, 0.6) is 0 Å². The lowest BCUT2D eigenvalue weighted by molar-refractivity contribution is -0.134. The molecule has 1 heterocycles. The predicted octanol–water partition coefficient (Wildman–Crippen LogP) is 0.321. The van der Waals surface area contributed by atoms with E-state index < -0.39 is 5.97 Å². The van der Waals surface area contributed by atoms with E-state index in [1.165, 1.54) is 11.0 Å². The third-order valence-corrected chi connectivity index (χ3v) is 1.54. The Morgan fingerprint density at radius 3 is 3.08 bits per heavy atom. The van der Waals surface area contributed by atoms with Gasteiger partial charge in [-0.3, -0.25) is 4.79 Å². The second-order valence-corrected chi connectivity index (χ2v) is 2.45. The molecule has 12 heavy (non-hydrogen) atoms. The summed E-state index contributed by atoms with van der Waals surface area (Å²) < 4.78 is 5.42. The van der Waals surface area contributed by atoms with Gasteiger partial charge in [-0.25, -0.2) is 4.68 Å². The van der Waals surface area contributed by atoms with E-state index in [-0.39, 0.29) is 12.5 Å². The van der Waals surface area contributed by atoms with Gasteiger partial charge in [-0.1, -0.05) is 0 Å². The summed E-state index contributed by atoms with van der Waals surface area (Å²) in [6.45, 7) is 1.78. The first-order valence-electron chi connectivity index (χ1n) is 3.28. The van der Waals surface area contributed by atoms with Gasteiger partial charge in [-0.05, 0) is 17.4 Å². The third-order valence-electron chi connectivity index (χ3n) is 1.36. The largest absolute Gasteiger partial charge is 0.348 e. The van der Waals surface area contributed by atoms with Gasteiger partial charge in [0.05, 0.1) is 12.5 Å². The third kappa shape index (κ3) is 2.16. The molecule has 0 fully saturated rings. The topological polar surface area (TPSA) is 69.9 Å². The molecule has 7 heteroatoms. The molecule has 1 aromatic rings. The number of hydrogen-bond donors (Lipinski definition) is 0. The molecule has 1 atom stereocenters. The van der Waals surface area contributed by atoms with E-state index in [0.717, 1.165) is 0 Å². The Bertz CT molecular complexity index is 250. The second-order valence-electron chi connectivity index (χ2n) is 2.29. The molecule has 0 aromatic carbocycles. The number of nitrogens with zero attached hydrogens (tertiary/aromatic N) is 4. The molecule has 1 rings (SSSR count). The minimum atomic E-state index is -0.500. The number of hydrogen-bond acceptors (Lipinski definition) is 5. The van der Waals surface area contributed by atoms with Crippen LogP contribution in [0.3, 0.4) is 0 Å². The van der Waals surface area contributed by atoms with Gasteiger partial charge in [0.2, 0.25) is 0 Å². The number of rotatable bonds is 3. The maximum absolute atomic E-state index is 10.7. The molecular weight excluding hydrogens is 184 g/mol. The lowest BCUT2D eigenvalue weighted by atomic mass is 10.2. The SMILES string of the molecule is CC(CC(=O)OCl)n1cnnn1. The molecular formula is C5H7ClN4O2. The van der Waals surface area contributed by atoms with Crippen LogP contribution in [0.15, 0.2) is 6.33 Å². The van der Waals surface area contributed by atoms with Gasteiger partial charge < -0.3 is 4.29 Å². The molecule has 0 radical (unpaired) electrons. The van der Waals surface area contributed by atoms with Gasteiger partial charge >= 0.3 is 5.97 Å². The highest BCUT2D eigenvalue weighted by Crippen LogP contribution is 2.08. The summed E-state index contributed by atoms with van der Waals surface area (Å²) in [6, 6.07) is -0.147. The summed E-state index contributed by atoms with van der Waals surface area (Å²) in [5.41, 5.74) is 0. The van der Waals surface area contributed by atoms with E-state index in [2.05, 4.69) is 19.8 Å². The maximum atomic E-state index is 10.7. The first-order valence-corrected chi connectivity index (χ1v) is 3.58. The first kappa shape index (κ1) is 8.92. The normalized spacial score (nSPS) is 12.5. The molecule has 0 spiro atoms. The Morgan fingerprint density at radius 2 is 2.58 bits per heavy atom. The van der Waals surface area contributed by atoms with Crippen LogP contribution in [0.4, 0.5) is 0 Å². The van der Waals surface area contributed by atoms with E-state index in [9.17, 15) is 4.79 Å². The number of carbonyl (C=O) groups is 1. The van der Waals surface area contributed by atoms with E-state index >= 15 is 0 Å². The molecule has 0 amide bonds. The van der Waals surface area contributed by atoms with Crippen LogP contribution in [0.1, 0.15) is 19.4 Å². The van der Waals surface area contributed by atoms with Gasteiger partial charge in [0, 0.05) is 0 Å². The van der Waals surface area contributed by atoms with Crippen LogP contribution in [0, 0.1) is 0 Å². The Kier molecular flexibility index (Phi) is 2.98. The Hall–Kier alpha value is -1.17. The van der Waals surface area contributed by atoms with Crippen molar-refractivity contribution in [3.8, 4) is 0 Å². The Balaban J connectivity index is 2.49. The number of carbonyl (C=O) groups excluding carboxylic acids is 1. The summed E-state index contributed by atoms with van der Waals surface area (Å²) in [6.07, 6.45) is 1.57. The molecule has 0 saturated carbocycles. The molecule has 0 aliphatic rings. The van der Waals surface area contributed by atoms with E-state index in [0.29, 0.717) is 0 Å². The van der Waals surface area contributed by atoms with E-state index in [1.807, 2.05) is 0 Å². The van der Waals surface area contributed by atoms with Crippen LogP contribution in [0.25, 0.3) is 0 Å². The minimum absolute atomic E-state index is 0.147. The fourth-order valence-electron chi connectivity index (χ4n) is 0.737. The van der Waals surface area contributed by atoms with Crippen molar-refractivity contribution in [1.29, 1.82) is 0 Å². The highest BCUT2D eigenvalue weighted by Gasteiger charge is 2.12. The molecule has 66 valence electrons. The number of halogens is 1. The smallest absolute Gasteiger partial charge is 0.326 e. The molecule has 0 bridgehead atoms. The Labute approximate surface area is 73.6 Å². The fraction of sp³-hybridized carbons (Fsp3) is 0.600. The minimum Gasteiger partial charge on any atom is -0.348 e.